The number of likely N-dealkylation sites (N-methyl/N-ethyl adjacent to an activating group) is 1. The van der Waals surface area contributed by atoms with E-state index in [2.05, 4.69) is 36.9 Å². The van der Waals surface area contributed by atoms with Gasteiger partial charge in [0.15, 0.2) is 5.96 Å². The number of guanidine groups is 1. The molecule has 7 amide bonds. The molecule has 2 unspecified atom stereocenters. The molecule has 14 N–H and O–H groups in total. The first-order valence-corrected chi connectivity index (χ1v) is 24.8. The fraction of sp³-hybridized carbons (Fsp3) is 0.500. The standard InChI is InChI=1S/C52H74N10O14/c1-28(24-29(2)41(76-7)26-33-12-9-8-10-13-33)15-20-36-30(3)44(66)59-38(50(72)73)21-22-42(65)62(6)40(27-63)49(71)56-32(5)46(68)60-39(25-34-16-18-35(64)19-17-34)48(70)61-43(51(74)75)31(4)45(67)58-37(47(69)57-36)14-11-23-55-52(53)54/h8-10,12-13,15-20,24,29-32,36-41,43,63-64H,11,14,21-23,25-27H2,1-7H3,(H,56,71)(H,57,69)(H,58,67)(H,59,66)(H,60,68)(H,61,70)(H,72,73)(H,74,75)(H4,53,54,55)/b20-15+,28-24+/t29-,30-,31-,32+,36?,37-,38?,39-,40-,41-,43+/m0/s1. The van der Waals surface area contributed by atoms with Crippen molar-refractivity contribution in [3.63, 3.8) is 0 Å². The van der Waals surface area contributed by atoms with E-state index in [4.69, 9.17) is 16.2 Å². The molecule has 1 saturated heterocycles. The molecule has 0 saturated carbocycles. The highest BCUT2D eigenvalue weighted by atomic mass is 16.5. The number of aliphatic imine (C=N–C) groups is 1. The quantitative estimate of drug-likeness (QED) is 0.0431. The third kappa shape index (κ3) is 19.8. The lowest BCUT2D eigenvalue weighted by Crippen LogP contribution is -2.60. The van der Waals surface area contributed by atoms with Crippen molar-refractivity contribution >= 4 is 59.2 Å². The molecule has 3 rings (SSSR count). The van der Waals surface area contributed by atoms with Crippen LogP contribution in [0.25, 0.3) is 0 Å². The zero-order valence-electron chi connectivity index (χ0n) is 43.9. The number of phenols is 1. The number of amides is 7. The van der Waals surface area contributed by atoms with Gasteiger partial charge in [-0.2, -0.15) is 0 Å². The number of carbonyl (C=O) groups excluding carboxylic acids is 7. The number of aliphatic hydroxyl groups excluding tert-OH is 1. The molecule has 1 fully saturated rings. The van der Waals surface area contributed by atoms with Crippen molar-refractivity contribution in [3.8, 4) is 5.75 Å². The molecule has 416 valence electrons. The summed E-state index contributed by atoms with van der Waals surface area (Å²) < 4.78 is 5.82. The van der Waals surface area contributed by atoms with E-state index in [0.717, 1.165) is 17.5 Å². The molecule has 1 heterocycles. The number of aromatic hydroxyl groups is 1. The predicted octanol–water partition coefficient (Wildman–Crippen LogP) is -0.632. The van der Waals surface area contributed by atoms with E-state index in [0.29, 0.717) is 17.6 Å². The Labute approximate surface area is 441 Å². The maximum Gasteiger partial charge on any atom is 0.327 e. The lowest BCUT2D eigenvalue weighted by atomic mass is 9.94. The number of hydrogen-bond donors (Lipinski definition) is 12. The number of hydrogen-bond acceptors (Lipinski definition) is 13. The van der Waals surface area contributed by atoms with E-state index in [1.54, 1.807) is 20.1 Å². The van der Waals surface area contributed by atoms with E-state index in [9.17, 15) is 63.6 Å². The van der Waals surface area contributed by atoms with Crippen LogP contribution in [-0.2, 0) is 60.7 Å². The number of ether oxygens (including phenoxy) is 1. The van der Waals surface area contributed by atoms with Crippen LogP contribution in [0.4, 0.5) is 0 Å². The van der Waals surface area contributed by atoms with Gasteiger partial charge < -0.3 is 73.4 Å². The Morgan fingerprint density at radius 2 is 1.41 bits per heavy atom. The van der Waals surface area contributed by atoms with Crippen LogP contribution < -0.4 is 43.4 Å². The summed E-state index contributed by atoms with van der Waals surface area (Å²) in [6.07, 6.45) is 4.04. The van der Waals surface area contributed by atoms with Gasteiger partial charge in [-0.15, -0.1) is 0 Å². The lowest BCUT2D eigenvalue weighted by molar-refractivity contribution is -0.146. The second-order valence-corrected chi connectivity index (χ2v) is 18.8. The smallest absolute Gasteiger partial charge is 0.327 e. The van der Waals surface area contributed by atoms with Crippen LogP contribution in [0.3, 0.4) is 0 Å². The topological polar surface area (TPSA) is 384 Å². The summed E-state index contributed by atoms with van der Waals surface area (Å²) in [5.74, 6) is -13.2. The monoisotopic (exact) mass is 1060 g/mol. The van der Waals surface area contributed by atoms with E-state index in [1.807, 2.05) is 43.3 Å². The Kier molecular flexibility index (Phi) is 25.1. The molecule has 1 aliphatic heterocycles. The Balaban J connectivity index is 2.16. The van der Waals surface area contributed by atoms with Crippen LogP contribution in [0.15, 0.2) is 83.4 Å². The Morgan fingerprint density at radius 3 is 2.00 bits per heavy atom. The lowest BCUT2D eigenvalue weighted by Gasteiger charge is -2.28. The van der Waals surface area contributed by atoms with Crippen molar-refractivity contribution in [3.05, 3.63) is 89.5 Å². The minimum Gasteiger partial charge on any atom is -0.508 e. The maximum atomic E-state index is 14.5. The third-order valence-electron chi connectivity index (χ3n) is 12.9. The number of aliphatic hydroxyl groups is 1. The zero-order chi connectivity index (χ0) is 56.8. The van der Waals surface area contributed by atoms with Gasteiger partial charge in [-0.25, -0.2) is 9.59 Å². The fourth-order valence-corrected chi connectivity index (χ4v) is 8.12. The summed E-state index contributed by atoms with van der Waals surface area (Å²) in [7, 11) is 2.76. The number of phenolic OH excluding ortho intramolecular Hbond substituents is 1. The van der Waals surface area contributed by atoms with Gasteiger partial charge in [0.1, 0.15) is 42.0 Å². The van der Waals surface area contributed by atoms with Crippen LogP contribution in [0, 0.1) is 17.8 Å². The van der Waals surface area contributed by atoms with Crippen LogP contribution >= 0.6 is 0 Å². The van der Waals surface area contributed by atoms with Gasteiger partial charge in [0.05, 0.1) is 30.6 Å². The largest absolute Gasteiger partial charge is 0.508 e. The Bertz CT molecular complexity index is 2430. The molecule has 2 aromatic rings. The molecule has 24 heteroatoms. The summed E-state index contributed by atoms with van der Waals surface area (Å²) >= 11 is 0. The molecule has 76 heavy (non-hydrogen) atoms. The summed E-state index contributed by atoms with van der Waals surface area (Å²) in [4.78, 5) is 127. The highest BCUT2D eigenvalue weighted by Gasteiger charge is 2.38. The molecule has 0 aromatic heterocycles. The highest BCUT2D eigenvalue weighted by molar-refractivity contribution is 5.97. The van der Waals surface area contributed by atoms with Gasteiger partial charge in [0, 0.05) is 39.5 Å². The molecule has 2 aromatic carbocycles. The number of methoxy groups -OCH3 is 1. The summed E-state index contributed by atoms with van der Waals surface area (Å²) in [5.41, 5.74) is 13.2. The number of rotatable bonds is 16. The first kappa shape index (κ1) is 62.4. The van der Waals surface area contributed by atoms with Crippen molar-refractivity contribution in [2.75, 3.05) is 27.3 Å². The first-order valence-electron chi connectivity index (χ1n) is 24.8. The Hall–Kier alpha value is -7.86. The minimum atomic E-state index is -1.98. The number of allylic oxidation sites excluding steroid dienone is 2. The highest BCUT2D eigenvalue weighted by Crippen LogP contribution is 2.19. The average molecular weight is 1060 g/mol. The number of carboxylic acids is 2. The zero-order valence-corrected chi connectivity index (χ0v) is 43.9. The van der Waals surface area contributed by atoms with Crippen molar-refractivity contribution < 1.29 is 68.3 Å². The molecular formula is C52H74N10O14. The summed E-state index contributed by atoms with van der Waals surface area (Å²) in [6, 6.07) is 4.24. The number of nitrogens with zero attached hydrogens (tertiary/aromatic N) is 2. The second-order valence-electron chi connectivity index (χ2n) is 18.8. The molecule has 11 atom stereocenters. The molecule has 0 radical (unpaired) electrons. The molecule has 0 aliphatic carbocycles. The van der Waals surface area contributed by atoms with Crippen LogP contribution in [0.5, 0.6) is 5.75 Å². The van der Waals surface area contributed by atoms with E-state index < -0.39 is 127 Å². The minimum absolute atomic E-state index is 0.00559. The molecule has 1 aliphatic rings. The number of aliphatic carboxylic acids is 2. The van der Waals surface area contributed by atoms with E-state index in [-0.39, 0.29) is 49.5 Å². The summed E-state index contributed by atoms with van der Waals surface area (Å²) in [6.45, 7) is 6.61. The van der Waals surface area contributed by atoms with Crippen molar-refractivity contribution in [1.82, 2.24) is 36.8 Å². The van der Waals surface area contributed by atoms with Gasteiger partial charge in [0.2, 0.25) is 41.4 Å². The third-order valence-corrected chi connectivity index (χ3v) is 12.9. The van der Waals surface area contributed by atoms with Gasteiger partial charge in [-0.3, -0.25) is 38.6 Å². The second kappa shape index (κ2) is 30.5. The number of carbonyl (C=O) groups is 9. The maximum absolute atomic E-state index is 14.5. The first-order chi connectivity index (χ1) is 35.9. The van der Waals surface area contributed by atoms with Crippen molar-refractivity contribution in [2.24, 2.45) is 34.2 Å². The SMILES string of the molecule is CO[C@@H](Cc1ccccc1)[C@@H](C)/C=C(C)/C=C/C1NC(=O)[C@H](CCCN=C(N)N)NC(=O)[C@@H](C)[C@H](C(=O)O)NC(=O)[C@H](Cc2ccc(O)cc2)NC(=O)[C@@H](C)NC(=O)[C@H](CO)N(C)C(=O)CCC(C(=O)O)NC(=O)[C@H]1C. The number of carboxylic acid groups (broad SMARTS) is 2. The summed E-state index contributed by atoms with van der Waals surface area (Å²) in [5, 5.41) is 55.6. The van der Waals surface area contributed by atoms with Crippen molar-refractivity contribution in [1.29, 1.82) is 0 Å². The van der Waals surface area contributed by atoms with Gasteiger partial charge in [-0.1, -0.05) is 87.0 Å². The van der Waals surface area contributed by atoms with Crippen molar-refractivity contribution in [2.45, 2.75) is 122 Å². The predicted molar refractivity (Wildman–Crippen MR) is 278 cm³/mol. The van der Waals surface area contributed by atoms with E-state index >= 15 is 0 Å². The van der Waals surface area contributed by atoms with Gasteiger partial charge in [0.25, 0.3) is 0 Å². The molecule has 24 nitrogen and oxygen atoms in total. The van der Waals surface area contributed by atoms with Gasteiger partial charge >= 0.3 is 11.9 Å². The number of benzene rings is 2. The van der Waals surface area contributed by atoms with Crippen LogP contribution in [0.2, 0.25) is 0 Å². The van der Waals surface area contributed by atoms with Crippen LogP contribution in [-0.4, -0.2) is 160 Å². The Morgan fingerprint density at radius 1 is 0.789 bits per heavy atom. The number of nitrogens with one attached hydrogen (secondary N) is 6. The average Bonchev–Trinajstić information content (AvgIpc) is 3.37. The van der Waals surface area contributed by atoms with Gasteiger partial charge in [-0.05, 0) is 62.8 Å². The van der Waals surface area contributed by atoms with E-state index in [1.165, 1.54) is 51.1 Å². The molecular weight excluding hydrogens is 989 g/mol. The molecule has 0 bridgehead atoms. The van der Waals surface area contributed by atoms with Crippen LogP contribution in [0.1, 0.15) is 71.4 Å². The fourth-order valence-electron chi connectivity index (χ4n) is 8.12. The normalized spacial score (nSPS) is 25.3. The molecule has 0 spiro atoms. The number of nitrogens with two attached hydrogens (primary N) is 2.